The summed E-state index contributed by atoms with van der Waals surface area (Å²) >= 11 is 0. The molecule has 0 aliphatic rings. The molecule has 0 saturated heterocycles. The molecule has 3 nitrogen and oxygen atoms in total. The van der Waals surface area contributed by atoms with E-state index in [2.05, 4.69) is 12.5 Å². The highest BCUT2D eigenvalue weighted by molar-refractivity contribution is 5.75. The Bertz CT molecular complexity index is 255. The lowest BCUT2D eigenvalue weighted by atomic mass is 10.2. The highest BCUT2D eigenvalue weighted by Crippen LogP contribution is 2.05. The lowest BCUT2D eigenvalue weighted by molar-refractivity contribution is -0.146. The lowest BCUT2D eigenvalue weighted by Gasteiger charge is -2.25. The summed E-state index contributed by atoms with van der Waals surface area (Å²) in [7, 11) is 1.41. The minimum Gasteiger partial charge on any atom is -0.468 e. The normalized spacial score (nSPS) is 11.9. The molecule has 3 heteroatoms. The van der Waals surface area contributed by atoms with Crippen molar-refractivity contribution in [3.8, 4) is 12.3 Å². The maximum absolute atomic E-state index is 11.4. The smallest absolute Gasteiger partial charge is 0.322 e. The van der Waals surface area contributed by atoms with Crippen LogP contribution in [0, 0.1) is 12.3 Å². The molecule has 1 atom stereocenters. The molecule has 0 radical (unpaired) electrons. The first-order chi connectivity index (χ1) is 7.67. The van der Waals surface area contributed by atoms with Gasteiger partial charge >= 0.3 is 5.97 Å². The molecular weight excluding hydrogens is 202 g/mol. The molecule has 0 amide bonds. The number of ether oxygens (including phenoxy) is 1. The van der Waals surface area contributed by atoms with E-state index in [9.17, 15) is 4.79 Å². The maximum atomic E-state index is 11.4. The van der Waals surface area contributed by atoms with Gasteiger partial charge in [-0.2, -0.15) is 0 Å². The van der Waals surface area contributed by atoms with E-state index >= 15 is 0 Å². The van der Waals surface area contributed by atoms with Gasteiger partial charge in [0.15, 0.2) is 0 Å². The van der Waals surface area contributed by atoms with Gasteiger partial charge in [-0.15, -0.1) is 18.9 Å². The zero-order chi connectivity index (χ0) is 12.4. The van der Waals surface area contributed by atoms with E-state index in [1.54, 1.807) is 6.08 Å². The van der Waals surface area contributed by atoms with E-state index in [1.165, 1.54) is 7.11 Å². The summed E-state index contributed by atoms with van der Waals surface area (Å²) in [6.07, 6.45) is 9.73. The van der Waals surface area contributed by atoms with Crippen LogP contribution in [0.25, 0.3) is 0 Å². The number of esters is 1. The summed E-state index contributed by atoms with van der Waals surface area (Å²) in [5.41, 5.74) is 0. The first-order valence-electron chi connectivity index (χ1n) is 5.53. The third-order valence-electron chi connectivity index (χ3n) is 2.47. The minimum atomic E-state index is -0.228. The topological polar surface area (TPSA) is 29.5 Å². The number of unbranched alkanes of at least 4 members (excludes halogenated alkanes) is 2. The fraction of sp³-hybridized carbons (Fsp3) is 0.615. The highest BCUT2D eigenvalue weighted by Gasteiger charge is 2.20. The van der Waals surface area contributed by atoms with Gasteiger partial charge in [-0.25, -0.2) is 0 Å². The van der Waals surface area contributed by atoms with Gasteiger partial charge in [0.05, 0.1) is 7.11 Å². The van der Waals surface area contributed by atoms with E-state index in [4.69, 9.17) is 11.2 Å². The van der Waals surface area contributed by atoms with Gasteiger partial charge < -0.3 is 4.74 Å². The number of methoxy groups -OCH3 is 1. The fourth-order valence-electron chi connectivity index (χ4n) is 1.47. The predicted octanol–water partition coefficient (Wildman–Crippen LogP) is 1.84. The van der Waals surface area contributed by atoms with Crippen molar-refractivity contribution in [3.05, 3.63) is 12.7 Å². The molecule has 0 aromatic rings. The molecule has 0 bridgehead atoms. The van der Waals surface area contributed by atoms with Crippen LogP contribution in [-0.2, 0) is 9.53 Å². The quantitative estimate of drug-likeness (QED) is 0.272. The van der Waals surface area contributed by atoms with Gasteiger partial charge in [0.1, 0.15) is 6.04 Å². The van der Waals surface area contributed by atoms with Crippen LogP contribution in [-0.4, -0.2) is 37.1 Å². The molecule has 0 saturated carbocycles. The second-order valence-corrected chi connectivity index (χ2v) is 3.64. The van der Waals surface area contributed by atoms with Crippen molar-refractivity contribution in [2.45, 2.75) is 32.2 Å². The Morgan fingerprint density at radius 1 is 1.62 bits per heavy atom. The van der Waals surface area contributed by atoms with Crippen LogP contribution in [0.15, 0.2) is 12.7 Å². The molecule has 0 aromatic carbocycles. The summed E-state index contributed by atoms with van der Waals surface area (Å²) in [5.74, 6) is 2.40. The zero-order valence-corrected chi connectivity index (χ0v) is 10.2. The molecule has 0 aliphatic carbocycles. The van der Waals surface area contributed by atoms with Crippen molar-refractivity contribution in [3.63, 3.8) is 0 Å². The lowest BCUT2D eigenvalue weighted by Crippen LogP contribution is -2.40. The van der Waals surface area contributed by atoms with Gasteiger partial charge in [0, 0.05) is 13.0 Å². The number of hydrogen-bond acceptors (Lipinski definition) is 3. The molecule has 0 aliphatic heterocycles. The summed E-state index contributed by atoms with van der Waals surface area (Å²) in [5, 5.41) is 0. The molecule has 90 valence electrons. The van der Waals surface area contributed by atoms with Crippen LogP contribution in [0.4, 0.5) is 0 Å². The van der Waals surface area contributed by atoms with Crippen molar-refractivity contribution in [2.75, 3.05) is 20.2 Å². The van der Waals surface area contributed by atoms with Gasteiger partial charge in [-0.1, -0.05) is 6.08 Å². The summed E-state index contributed by atoms with van der Waals surface area (Å²) in [4.78, 5) is 13.4. The van der Waals surface area contributed by atoms with Crippen LogP contribution in [0.5, 0.6) is 0 Å². The number of rotatable bonds is 8. The Balaban J connectivity index is 4.10. The van der Waals surface area contributed by atoms with Gasteiger partial charge in [-0.3, -0.25) is 9.69 Å². The standard InChI is InChI=1S/C13H21NO2/c1-5-7-8-9-11-14(10-6-2)12(3)13(15)16-4/h1,6,12H,2,7-11H2,3-4H3/t12-/m0/s1. The SMILES string of the molecule is C#CCCCCN(CC=C)[C@@H](C)C(=O)OC. The van der Waals surface area contributed by atoms with Crippen molar-refractivity contribution >= 4 is 5.97 Å². The van der Waals surface area contributed by atoms with Crippen LogP contribution in [0.2, 0.25) is 0 Å². The summed E-state index contributed by atoms with van der Waals surface area (Å²) in [6, 6.07) is -0.228. The average molecular weight is 223 g/mol. The Labute approximate surface area is 98.5 Å². The highest BCUT2D eigenvalue weighted by atomic mass is 16.5. The largest absolute Gasteiger partial charge is 0.468 e. The minimum absolute atomic E-state index is 0.209. The van der Waals surface area contributed by atoms with E-state index < -0.39 is 0 Å². The van der Waals surface area contributed by atoms with Crippen molar-refractivity contribution in [1.29, 1.82) is 0 Å². The molecule has 0 fully saturated rings. The fourth-order valence-corrected chi connectivity index (χ4v) is 1.47. The Morgan fingerprint density at radius 3 is 2.81 bits per heavy atom. The van der Waals surface area contributed by atoms with E-state index in [-0.39, 0.29) is 12.0 Å². The Hall–Kier alpha value is -1.27. The number of carbonyl (C=O) groups is 1. The van der Waals surface area contributed by atoms with Crippen LogP contribution >= 0.6 is 0 Å². The summed E-state index contributed by atoms with van der Waals surface area (Å²) in [6.45, 7) is 7.05. The molecule has 0 spiro atoms. The monoisotopic (exact) mass is 223 g/mol. The second-order valence-electron chi connectivity index (χ2n) is 3.64. The van der Waals surface area contributed by atoms with Crippen LogP contribution < -0.4 is 0 Å². The number of hydrogen-bond donors (Lipinski definition) is 0. The first-order valence-corrected chi connectivity index (χ1v) is 5.53. The first kappa shape index (κ1) is 14.7. The van der Waals surface area contributed by atoms with Gasteiger partial charge in [0.25, 0.3) is 0 Å². The number of carbonyl (C=O) groups excluding carboxylic acids is 1. The Morgan fingerprint density at radius 2 is 2.31 bits per heavy atom. The number of nitrogens with zero attached hydrogens (tertiary/aromatic N) is 1. The van der Waals surface area contributed by atoms with Gasteiger partial charge in [0.2, 0.25) is 0 Å². The third-order valence-corrected chi connectivity index (χ3v) is 2.47. The zero-order valence-electron chi connectivity index (χ0n) is 10.2. The maximum Gasteiger partial charge on any atom is 0.322 e. The van der Waals surface area contributed by atoms with Crippen molar-refractivity contribution in [2.24, 2.45) is 0 Å². The molecule has 0 unspecified atom stereocenters. The average Bonchev–Trinajstić information content (AvgIpc) is 2.31. The molecular formula is C13H21NO2. The molecule has 0 aromatic heterocycles. The summed E-state index contributed by atoms with van der Waals surface area (Å²) < 4.78 is 4.72. The van der Waals surface area contributed by atoms with E-state index in [1.807, 2.05) is 11.8 Å². The van der Waals surface area contributed by atoms with Crippen LogP contribution in [0.1, 0.15) is 26.2 Å². The Kier molecular flexibility index (Phi) is 8.28. The van der Waals surface area contributed by atoms with E-state index in [0.717, 1.165) is 25.8 Å². The molecule has 16 heavy (non-hydrogen) atoms. The molecule has 0 heterocycles. The van der Waals surface area contributed by atoms with Crippen molar-refractivity contribution in [1.82, 2.24) is 4.90 Å². The second kappa shape index (κ2) is 8.99. The van der Waals surface area contributed by atoms with Crippen molar-refractivity contribution < 1.29 is 9.53 Å². The predicted molar refractivity (Wildman–Crippen MR) is 65.9 cm³/mol. The number of terminal acetylenes is 1. The third kappa shape index (κ3) is 5.57. The molecule has 0 rings (SSSR count). The van der Waals surface area contributed by atoms with E-state index in [0.29, 0.717) is 6.54 Å². The molecule has 0 N–H and O–H groups in total. The van der Waals surface area contributed by atoms with Gasteiger partial charge in [-0.05, 0) is 26.3 Å². The van der Waals surface area contributed by atoms with Crippen LogP contribution in [0.3, 0.4) is 0 Å².